The summed E-state index contributed by atoms with van der Waals surface area (Å²) >= 11 is 0. The fourth-order valence-corrected chi connectivity index (χ4v) is 3.55. The van der Waals surface area contributed by atoms with Crippen LogP contribution in [0.3, 0.4) is 0 Å². The van der Waals surface area contributed by atoms with Crippen molar-refractivity contribution >= 4 is 11.9 Å². The minimum absolute atomic E-state index is 0.456. The number of nitrogens with one attached hydrogen (secondary N) is 1. The van der Waals surface area contributed by atoms with Crippen molar-refractivity contribution in [1.29, 1.82) is 0 Å². The molecule has 1 saturated heterocycles. The van der Waals surface area contributed by atoms with Gasteiger partial charge in [-0.3, -0.25) is 15.0 Å². The highest BCUT2D eigenvalue weighted by Crippen LogP contribution is 2.14. The van der Waals surface area contributed by atoms with Crippen LogP contribution in [-0.2, 0) is 4.79 Å². The second kappa shape index (κ2) is 15.0. The number of nitrogens with zero attached hydrogens (tertiary/aromatic N) is 1. The molecule has 1 heterocycles. The second-order valence-electron chi connectivity index (χ2n) is 7.66. The van der Waals surface area contributed by atoms with Gasteiger partial charge >= 0.3 is 6.03 Å². The first-order valence-electron chi connectivity index (χ1n) is 11.0. The van der Waals surface area contributed by atoms with Gasteiger partial charge in [-0.1, -0.05) is 103 Å². The number of hydrogen-bond acceptors (Lipinski definition) is 3. The van der Waals surface area contributed by atoms with Crippen molar-refractivity contribution in [3.63, 3.8) is 0 Å². The molecule has 0 saturated carbocycles. The molecule has 1 rings (SSSR count). The molecule has 5 heteroatoms. The molecule has 0 spiro atoms. The van der Waals surface area contributed by atoms with E-state index in [-0.39, 0.29) is 0 Å². The standard InChI is InChI=1S/C21H40N2O3/c1-2-3-4-5-6-7-8-9-10-11-12-13-14-15-16-17-18-23-20(25)19(24)22-21(23)26/h20,25H,2-18H2,1H3,(H,22,24,26). The van der Waals surface area contributed by atoms with Crippen LogP contribution in [0, 0.1) is 0 Å². The average molecular weight is 369 g/mol. The summed E-state index contributed by atoms with van der Waals surface area (Å²) < 4.78 is 0. The molecular formula is C21H40N2O3. The Bertz CT molecular complexity index is 387. The van der Waals surface area contributed by atoms with E-state index in [2.05, 4.69) is 12.2 Å². The summed E-state index contributed by atoms with van der Waals surface area (Å²) in [5, 5.41) is 11.7. The molecule has 152 valence electrons. The fraction of sp³-hybridized carbons (Fsp3) is 0.905. The van der Waals surface area contributed by atoms with E-state index >= 15 is 0 Å². The van der Waals surface area contributed by atoms with Gasteiger partial charge in [0.2, 0.25) is 6.23 Å². The molecule has 0 aliphatic carbocycles. The van der Waals surface area contributed by atoms with E-state index in [1.54, 1.807) is 0 Å². The van der Waals surface area contributed by atoms with E-state index < -0.39 is 18.2 Å². The van der Waals surface area contributed by atoms with E-state index in [9.17, 15) is 14.7 Å². The minimum atomic E-state index is -1.29. The maximum Gasteiger partial charge on any atom is 0.326 e. The quantitative estimate of drug-likeness (QED) is 0.276. The summed E-state index contributed by atoms with van der Waals surface area (Å²) in [5.41, 5.74) is 0. The van der Waals surface area contributed by atoms with Crippen molar-refractivity contribution in [3.8, 4) is 0 Å². The Morgan fingerprint density at radius 2 is 1.12 bits per heavy atom. The first-order chi connectivity index (χ1) is 12.7. The van der Waals surface area contributed by atoms with Crippen LogP contribution in [0.4, 0.5) is 4.79 Å². The second-order valence-corrected chi connectivity index (χ2v) is 7.66. The Labute approximate surface area is 159 Å². The van der Waals surface area contributed by atoms with Crippen LogP contribution in [0.2, 0.25) is 0 Å². The number of carbonyl (C=O) groups excluding carboxylic acids is 2. The maximum absolute atomic E-state index is 11.4. The van der Waals surface area contributed by atoms with Gasteiger partial charge in [0.15, 0.2) is 0 Å². The molecule has 0 aromatic carbocycles. The van der Waals surface area contributed by atoms with Crippen LogP contribution in [0.1, 0.15) is 110 Å². The Kier molecular flexibility index (Phi) is 13.2. The molecule has 0 aromatic rings. The third-order valence-corrected chi connectivity index (χ3v) is 5.27. The summed E-state index contributed by atoms with van der Waals surface area (Å²) in [6.45, 7) is 2.72. The normalized spacial score (nSPS) is 17.2. The first kappa shape index (κ1) is 22.9. The monoisotopic (exact) mass is 368 g/mol. The highest BCUT2D eigenvalue weighted by Gasteiger charge is 2.35. The molecule has 1 aliphatic heterocycles. The Morgan fingerprint density at radius 1 is 0.731 bits per heavy atom. The number of carbonyl (C=O) groups is 2. The number of hydrogen-bond donors (Lipinski definition) is 2. The summed E-state index contributed by atoms with van der Waals surface area (Å²) in [6.07, 6.45) is 19.6. The van der Waals surface area contributed by atoms with Crippen molar-refractivity contribution in [3.05, 3.63) is 0 Å². The Hall–Kier alpha value is -1.10. The van der Waals surface area contributed by atoms with E-state index in [1.807, 2.05) is 0 Å². The van der Waals surface area contributed by atoms with Crippen molar-refractivity contribution in [2.24, 2.45) is 0 Å². The molecule has 0 aromatic heterocycles. The number of imide groups is 1. The molecule has 1 atom stereocenters. The van der Waals surface area contributed by atoms with Crippen LogP contribution in [0.5, 0.6) is 0 Å². The van der Waals surface area contributed by atoms with E-state index in [0.717, 1.165) is 19.3 Å². The van der Waals surface area contributed by atoms with Gasteiger partial charge in [-0.05, 0) is 6.42 Å². The van der Waals surface area contributed by atoms with Crippen LogP contribution in [0.15, 0.2) is 0 Å². The largest absolute Gasteiger partial charge is 0.365 e. The van der Waals surface area contributed by atoms with E-state index in [1.165, 1.54) is 88.4 Å². The minimum Gasteiger partial charge on any atom is -0.365 e. The smallest absolute Gasteiger partial charge is 0.326 e. The topological polar surface area (TPSA) is 69.6 Å². The van der Waals surface area contributed by atoms with Gasteiger partial charge in [0.1, 0.15) is 0 Å². The molecular weight excluding hydrogens is 328 g/mol. The van der Waals surface area contributed by atoms with Crippen molar-refractivity contribution < 1.29 is 14.7 Å². The molecule has 0 bridgehead atoms. The highest BCUT2D eigenvalue weighted by atomic mass is 16.3. The molecule has 1 fully saturated rings. The van der Waals surface area contributed by atoms with E-state index in [0.29, 0.717) is 6.54 Å². The van der Waals surface area contributed by atoms with Gasteiger partial charge in [0.05, 0.1) is 0 Å². The summed E-state index contributed by atoms with van der Waals surface area (Å²) in [6, 6.07) is -0.469. The van der Waals surface area contributed by atoms with Gasteiger partial charge in [-0.25, -0.2) is 4.79 Å². The summed E-state index contributed by atoms with van der Waals surface area (Å²) in [4.78, 5) is 23.8. The van der Waals surface area contributed by atoms with Gasteiger partial charge in [0.25, 0.3) is 5.91 Å². The maximum atomic E-state index is 11.4. The summed E-state index contributed by atoms with van der Waals surface area (Å²) in [7, 11) is 0. The lowest BCUT2D eigenvalue weighted by molar-refractivity contribution is -0.130. The molecule has 26 heavy (non-hydrogen) atoms. The van der Waals surface area contributed by atoms with Crippen LogP contribution >= 0.6 is 0 Å². The lowest BCUT2D eigenvalue weighted by atomic mass is 10.0. The van der Waals surface area contributed by atoms with Crippen LogP contribution in [0.25, 0.3) is 0 Å². The zero-order valence-electron chi connectivity index (χ0n) is 16.8. The fourth-order valence-electron chi connectivity index (χ4n) is 3.55. The van der Waals surface area contributed by atoms with Gasteiger partial charge < -0.3 is 5.11 Å². The Morgan fingerprint density at radius 3 is 1.46 bits per heavy atom. The highest BCUT2D eigenvalue weighted by molar-refractivity contribution is 6.03. The molecule has 5 nitrogen and oxygen atoms in total. The zero-order valence-corrected chi connectivity index (χ0v) is 16.8. The van der Waals surface area contributed by atoms with E-state index in [4.69, 9.17) is 0 Å². The number of aliphatic hydroxyl groups is 1. The first-order valence-corrected chi connectivity index (χ1v) is 11.0. The molecule has 1 unspecified atom stereocenters. The van der Waals surface area contributed by atoms with Crippen molar-refractivity contribution in [2.75, 3.05) is 6.54 Å². The van der Waals surface area contributed by atoms with Crippen molar-refractivity contribution in [1.82, 2.24) is 10.2 Å². The van der Waals surface area contributed by atoms with Gasteiger partial charge in [-0.2, -0.15) is 0 Å². The third kappa shape index (κ3) is 10.1. The number of aliphatic hydroxyl groups excluding tert-OH is 1. The van der Waals surface area contributed by atoms with Gasteiger partial charge in [-0.15, -0.1) is 0 Å². The molecule has 1 aliphatic rings. The van der Waals surface area contributed by atoms with Gasteiger partial charge in [0, 0.05) is 6.54 Å². The lowest BCUT2D eigenvalue weighted by Gasteiger charge is -2.16. The predicted molar refractivity (Wildman–Crippen MR) is 106 cm³/mol. The molecule has 3 amide bonds. The zero-order chi connectivity index (χ0) is 19.0. The summed E-state index contributed by atoms with van der Waals surface area (Å²) in [5.74, 6) is -0.605. The average Bonchev–Trinajstić information content (AvgIpc) is 2.87. The number of amides is 3. The molecule has 2 N–H and O–H groups in total. The SMILES string of the molecule is CCCCCCCCCCCCCCCCCCN1C(=O)NC(=O)C1O. The molecule has 0 radical (unpaired) electrons. The van der Waals surface area contributed by atoms with Crippen molar-refractivity contribution in [2.45, 2.75) is 116 Å². The predicted octanol–water partition coefficient (Wildman–Crippen LogP) is 5.12. The lowest BCUT2D eigenvalue weighted by Crippen LogP contribution is -2.35. The number of unbranched alkanes of at least 4 members (excludes halogenated alkanes) is 15. The third-order valence-electron chi connectivity index (χ3n) is 5.27. The van der Waals surface area contributed by atoms with Crippen LogP contribution in [-0.4, -0.2) is 34.7 Å². The number of urea groups is 1. The Balaban J connectivity index is 1.77. The van der Waals surface area contributed by atoms with Crippen LogP contribution < -0.4 is 5.32 Å². The number of rotatable bonds is 17.